The van der Waals surface area contributed by atoms with Gasteiger partial charge in [0.15, 0.2) is 0 Å². The van der Waals surface area contributed by atoms with Crippen molar-refractivity contribution in [1.82, 2.24) is 0 Å². The van der Waals surface area contributed by atoms with Crippen molar-refractivity contribution in [3.05, 3.63) is 0 Å². The summed E-state index contributed by atoms with van der Waals surface area (Å²) in [5.74, 6) is 1.81. The zero-order chi connectivity index (χ0) is 8.69. The summed E-state index contributed by atoms with van der Waals surface area (Å²) in [4.78, 5) is 7.08. The van der Waals surface area contributed by atoms with E-state index in [1.54, 1.807) is 7.05 Å². The predicted octanol–water partition coefficient (Wildman–Crippen LogP) is 0.150. The molecule has 1 unspecified atom stereocenters. The summed E-state index contributed by atoms with van der Waals surface area (Å²) >= 11 is 0. The van der Waals surface area contributed by atoms with Crippen LogP contribution in [0.1, 0.15) is 0 Å². The van der Waals surface area contributed by atoms with Gasteiger partial charge in [-0.3, -0.25) is 0 Å². The summed E-state index contributed by atoms with van der Waals surface area (Å²) in [7, 11) is 1.56. The van der Waals surface area contributed by atoms with Crippen LogP contribution in [0.2, 0.25) is 0 Å². The molecule has 0 heterocycles. The maximum absolute atomic E-state index is 12.2. The van der Waals surface area contributed by atoms with Crippen molar-refractivity contribution in [2.75, 3.05) is 7.05 Å². The molecule has 0 aliphatic heterocycles. The van der Waals surface area contributed by atoms with Gasteiger partial charge in [-0.25, -0.2) is 0 Å². The Bertz CT molecular complexity index is 227. The van der Waals surface area contributed by atoms with Crippen molar-refractivity contribution in [3.8, 4) is 12.3 Å². The number of hydrogen-bond acceptors (Lipinski definition) is 2. The fraction of sp³-hybridized carbons (Fsp3) is 0.286. The van der Waals surface area contributed by atoms with Crippen LogP contribution in [0.4, 0.5) is 4.39 Å². The van der Waals surface area contributed by atoms with E-state index in [9.17, 15) is 4.39 Å². The van der Waals surface area contributed by atoms with Crippen molar-refractivity contribution in [3.63, 3.8) is 0 Å². The quantitative estimate of drug-likeness (QED) is 0.237. The molecule has 0 saturated carbocycles. The van der Waals surface area contributed by atoms with Gasteiger partial charge in [-0.15, -0.1) is 0 Å². The van der Waals surface area contributed by atoms with E-state index < -0.39 is 6.30 Å². The Labute approximate surface area is 66.2 Å². The number of rotatable bonds is 3. The SMILES string of the molecule is C#CC(F)/N=C\C(B=C)=N/C. The number of alkyl halides is 1. The van der Waals surface area contributed by atoms with Gasteiger partial charge < -0.3 is 0 Å². The first-order chi connectivity index (χ1) is 5.24. The van der Waals surface area contributed by atoms with Crippen molar-refractivity contribution in [2.45, 2.75) is 6.30 Å². The van der Waals surface area contributed by atoms with E-state index in [4.69, 9.17) is 6.42 Å². The summed E-state index contributed by atoms with van der Waals surface area (Å²) in [6, 6.07) is 0. The molecule has 0 aromatic heterocycles. The summed E-state index contributed by atoms with van der Waals surface area (Å²) in [6.45, 7) is 4.90. The molecule has 1 atom stereocenters. The molecule has 0 amide bonds. The number of aliphatic imine (C=N–C) groups is 2. The Hall–Kier alpha value is -1.24. The zero-order valence-electron chi connectivity index (χ0n) is 6.29. The molecule has 4 heteroatoms. The molecule has 0 rings (SSSR count). The summed E-state index contributed by atoms with van der Waals surface area (Å²) in [5.41, 5.74) is 0.503. The van der Waals surface area contributed by atoms with E-state index in [0.717, 1.165) is 0 Å². The van der Waals surface area contributed by atoms with Crippen molar-refractivity contribution >= 4 is 25.2 Å². The van der Waals surface area contributed by atoms with Gasteiger partial charge in [-0.05, 0) is 0 Å². The molecule has 11 heavy (non-hydrogen) atoms. The van der Waals surface area contributed by atoms with Crippen LogP contribution in [0.5, 0.6) is 0 Å². The minimum absolute atomic E-state index is 0.503. The molecule has 0 aromatic rings. The molecule has 0 aromatic carbocycles. The van der Waals surface area contributed by atoms with E-state index in [0.29, 0.717) is 5.61 Å². The van der Waals surface area contributed by atoms with E-state index in [-0.39, 0.29) is 0 Å². The third kappa shape index (κ3) is 4.21. The number of terminal acetylenes is 1. The van der Waals surface area contributed by atoms with Crippen LogP contribution in [0.3, 0.4) is 0 Å². The van der Waals surface area contributed by atoms with Crippen LogP contribution in [-0.4, -0.2) is 38.6 Å². The Morgan fingerprint density at radius 1 is 1.91 bits per heavy atom. The molecule has 0 fully saturated rings. The molecular formula is C7H8BFN2. The van der Waals surface area contributed by atoms with Crippen LogP contribution >= 0.6 is 0 Å². The molecule has 0 bridgehead atoms. The molecule has 0 radical (unpaired) electrons. The third-order valence-corrected chi connectivity index (χ3v) is 0.943. The Morgan fingerprint density at radius 3 is 2.91 bits per heavy atom. The minimum atomic E-state index is -1.59. The van der Waals surface area contributed by atoms with Crippen LogP contribution in [0, 0.1) is 12.3 Å². The van der Waals surface area contributed by atoms with Gasteiger partial charge in [0.2, 0.25) is 0 Å². The fourth-order valence-electron chi connectivity index (χ4n) is 0.387. The second-order valence-electron chi connectivity index (χ2n) is 1.63. The van der Waals surface area contributed by atoms with Gasteiger partial charge in [0.1, 0.15) is 0 Å². The van der Waals surface area contributed by atoms with Gasteiger partial charge in [0, 0.05) is 0 Å². The van der Waals surface area contributed by atoms with E-state index in [2.05, 4.69) is 16.5 Å². The van der Waals surface area contributed by atoms with E-state index in [1.165, 1.54) is 13.1 Å². The first kappa shape index (κ1) is 9.76. The van der Waals surface area contributed by atoms with Gasteiger partial charge in [-0.1, -0.05) is 0 Å². The Morgan fingerprint density at radius 2 is 2.55 bits per heavy atom. The number of halogens is 1. The topological polar surface area (TPSA) is 24.7 Å². The first-order valence-corrected chi connectivity index (χ1v) is 2.97. The summed E-state index contributed by atoms with van der Waals surface area (Å²) in [6.07, 6.45) is 4.39. The second kappa shape index (κ2) is 5.54. The molecule has 56 valence electrons. The third-order valence-electron chi connectivity index (χ3n) is 0.943. The first-order valence-electron chi connectivity index (χ1n) is 2.97. The Kier molecular flexibility index (Phi) is 4.92. The molecule has 2 nitrogen and oxygen atoms in total. The predicted molar refractivity (Wildman–Crippen MR) is 48.5 cm³/mol. The van der Waals surface area contributed by atoms with Crippen LogP contribution in [0.25, 0.3) is 0 Å². The van der Waals surface area contributed by atoms with Crippen molar-refractivity contribution < 1.29 is 4.39 Å². The van der Waals surface area contributed by atoms with Crippen LogP contribution in [0.15, 0.2) is 9.98 Å². The fourth-order valence-corrected chi connectivity index (χ4v) is 0.387. The van der Waals surface area contributed by atoms with Gasteiger partial charge in [0.25, 0.3) is 0 Å². The van der Waals surface area contributed by atoms with Gasteiger partial charge in [0.05, 0.1) is 0 Å². The van der Waals surface area contributed by atoms with Gasteiger partial charge >= 0.3 is 65.3 Å². The average molecular weight is 150 g/mol. The van der Waals surface area contributed by atoms with Crippen LogP contribution in [-0.2, 0) is 0 Å². The molecule has 0 saturated heterocycles. The zero-order valence-corrected chi connectivity index (χ0v) is 6.29. The standard InChI is InChI=1S/C7H8BFN2/c1-4-7(9)11-5-6(8-2)10-3/h1,5,7H,2H2,3H3/b10-6+,11-5-. The molecule has 0 spiro atoms. The van der Waals surface area contributed by atoms with E-state index >= 15 is 0 Å². The average Bonchev–Trinajstić information content (AvgIpc) is 2.06. The molecule has 0 aliphatic rings. The summed E-state index contributed by atoms with van der Waals surface area (Å²) < 4.78 is 12.2. The molecular weight excluding hydrogens is 142 g/mol. The molecule has 0 N–H and O–H groups in total. The monoisotopic (exact) mass is 150 g/mol. The van der Waals surface area contributed by atoms with Gasteiger partial charge in [-0.2, -0.15) is 0 Å². The van der Waals surface area contributed by atoms with Crippen molar-refractivity contribution in [1.29, 1.82) is 0 Å². The normalized spacial score (nSPS) is 14.1. The van der Waals surface area contributed by atoms with E-state index in [1.807, 2.05) is 5.92 Å². The molecule has 0 aliphatic carbocycles. The number of hydrogen-bond donors (Lipinski definition) is 0. The van der Waals surface area contributed by atoms with Crippen molar-refractivity contribution in [2.24, 2.45) is 9.98 Å². The number of nitrogens with zero attached hydrogens (tertiary/aromatic N) is 2. The maximum atomic E-state index is 12.2. The summed E-state index contributed by atoms with van der Waals surface area (Å²) in [5, 5.41) is 0. The van der Waals surface area contributed by atoms with Crippen LogP contribution < -0.4 is 0 Å². The second-order valence-corrected chi connectivity index (χ2v) is 1.63. The Balaban J connectivity index is 4.13.